The van der Waals surface area contributed by atoms with Crippen molar-refractivity contribution >= 4 is 11.6 Å². The van der Waals surface area contributed by atoms with E-state index in [1.165, 1.54) is 0 Å². The maximum atomic E-state index is 11.9. The lowest BCUT2D eigenvalue weighted by Gasteiger charge is -2.17. The third kappa shape index (κ3) is 5.72. The van der Waals surface area contributed by atoms with Crippen LogP contribution in [0.25, 0.3) is 0 Å². The SMILES string of the molecule is COc1ccccc1NC(=O)CN(C)CCC(C)O. The average Bonchev–Trinajstić information content (AvgIpc) is 2.37. The molecule has 0 aromatic heterocycles. The van der Waals surface area contributed by atoms with E-state index >= 15 is 0 Å². The van der Waals surface area contributed by atoms with Crippen molar-refractivity contribution in [2.24, 2.45) is 0 Å². The normalized spacial score (nSPS) is 12.3. The van der Waals surface area contributed by atoms with E-state index in [9.17, 15) is 9.90 Å². The fourth-order valence-electron chi connectivity index (χ4n) is 1.67. The predicted octanol–water partition coefficient (Wildman–Crippen LogP) is 1.34. The summed E-state index contributed by atoms with van der Waals surface area (Å²) < 4.78 is 5.17. The maximum Gasteiger partial charge on any atom is 0.238 e. The zero-order chi connectivity index (χ0) is 14.3. The minimum absolute atomic E-state index is 0.0995. The molecule has 0 fully saturated rings. The molecule has 19 heavy (non-hydrogen) atoms. The number of aliphatic hydroxyl groups excluding tert-OH is 1. The number of likely N-dealkylation sites (N-methyl/N-ethyl adjacent to an activating group) is 1. The van der Waals surface area contributed by atoms with Crippen LogP contribution < -0.4 is 10.1 Å². The third-order valence-electron chi connectivity index (χ3n) is 2.72. The molecule has 0 aliphatic heterocycles. The van der Waals surface area contributed by atoms with E-state index in [2.05, 4.69) is 5.32 Å². The van der Waals surface area contributed by atoms with Crippen molar-refractivity contribution in [3.63, 3.8) is 0 Å². The first-order valence-electron chi connectivity index (χ1n) is 6.32. The Kier molecular flexibility index (Phi) is 6.32. The van der Waals surface area contributed by atoms with Crippen LogP contribution in [-0.2, 0) is 4.79 Å². The van der Waals surface area contributed by atoms with Gasteiger partial charge in [0.1, 0.15) is 5.75 Å². The Bertz CT molecular complexity index is 407. The van der Waals surface area contributed by atoms with Crippen molar-refractivity contribution < 1.29 is 14.6 Å². The molecule has 1 rings (SSSR count). The molecule has 2 N–H and O–H groups in total. The summed E-state index contributed by atoms with van der Waals surface area (Å²) in [6.07, 6.45) is 0.304. The standard InChI is InChI=1S/C14H22N2O3/c1-11(17)8-9-16(2)10-14(18)15-12-6-4-5-7-13(12)19-3/h4-7,11,17H,8-10H2,1-3H3,(H,15,18). The topological polar surface area (TPSA) is 61.8 Å². The van der Waals surface area contributed by atoms with Crippen LogP contribution in [0.4, 0.5) is 5.69 Å². The molecule has 0 aliphatic rings. The number of carbonyl (C=O) groups excluding carboxylic acids is 1. The molecule has 5 nitrogen and oxygen atoms in total. The lowest BCUT2D eigenvalue weighted by atomic mass is 10.2. The third-order valence-corrected chi connectivity index (χ3v) is 2.72. The van der Waals surface area contributed by atoms with Crippen LogP contribution in [0.5, 0.6) is 5.75 Å². The van der Waals surface area contributed by atoms with Crippen LogP contribution in [0.15, 0.2) is 24.3 Å². The summed E-state index contributed by atoms with van der Waals surface area (Å²) in [7, 11) is 3.42. The van der Waals surface area contributed by atoms with Crippen LogP contribution in [0.2, 0.25) is 0 Å². The number of carbonyl (C=O) groups is 1. The zero-order valence-electron chi connectivity index (χ0n) is 11.7. The lowest BCUT2D eigenvalue weighted by molar-refractivity contribution is -0.117. The monoisotopic (exact) mass is 266 g/mol. The summed E-state index contributed by atoms with van der Waals surface area (Å²) in [4.78, 5) is 13.7. The van der Waals surface area contributed by atoms with Gasteiger partial charge in [0.2, 0.25) is 5.91 Å². The number of anilines is 1. The van der Waals surface area contributed by atoms with E-state index < -0.39 is 0 Å². The summed E-state index contributed by atoms with van der Waals surface area (Å²) in [6.45, 7) is 2.70. The Labute approximate surface area is 114 Å². The molecule has 0 saturated heterocycles. The van der Waals surface area contributed by atoms with Crippen LogP contribution in [0.1, 0.15) is 13.3 Å². The number of nitrogens with one attached hydrogen (secondary N) is 1. The average molecular weight is 266 g/mol. The summed E-state index contributed by atoms with van der Waals surface area (Å²) >= 11 is 0. The highest BCUT2D eigenvalue weighted by atomic mass is 16.5. The second-order valence-electron chi connectivity index (χ2n) is 4.62. The first-order valence-corrected chi connectivity index (χ1v) is 6.32. The van der Waals surface area contributed by atoms with E-state index in [-0.39, 0.29) is 18.6 Å². The molecular formula is C14H22N2O3. The Morgan fingerprint density at radius 3 is 2.79 bits per heavy atom. The Balaban J connectivity index is 2.46. The number of para-hydroxylation sites is 2. The van der Waals surface area contributed by atoms with Gasteiger partial charge in [-0.15, -0.1) is 0 Å². The molecule has 0 heterocycles. The highest BCUT2D eigenvalue weighted by Crippen LogP contribution is 2.22. The minimum atomic E-state index is -0.347. The summed E-state index contributed by atoms with van der Waals surface area (Å²) in [6, 6.07) is 7.29. The van der Waals surface area contributed by atoms with E-state index in [1.54, 1.807) is 26.2 Å². The van der Waals surface area contributed by atoms with E-state index in [0.29, 0.717) is 24.4 Å². The van der Waals surface area contributed by atoms with Gasteiger partial charge in [-0.05, 0) is 32.5 Å². The van der Waals surface area contributed by atoms with Gasteiger partial charge in [0, 0.05) is 6.54 Å². The number of aliphatic hydroxyl groups is 1. The van der Waals surface area contributed by atoms with Crippen molar-refractivity contribution in [3.8, 4) is 5.75 Å². The van der Waals surface area contributed by atoms with Gasteiger partial charge in [-0.25, -0.2) is 0 Å². The molecule has 1 unspecified atom stereocenters. The minimum Gasteiger partial charge on any atom is -0.495 e. The second kappa shape index (κ2) is 7.76. The molecular weight excluding hydrogens is 244 g/mol. The Hall–Kier alpha value is -1.59. The number of rotatable bonds is 7. The number of nitrogens with zero attached hydrogens (tertiary/aromatic N) is 1. The number of benzene rings is 1. The fraction of sp³-hybridized carbons (Fsp3) is 0.500. The van der Waals surface area contributed by atoms with Gasteiger partial charge in [0.15, 0.2) is 0 Å². The van der Waals surface area contributed by atoms with Gasteiger partial charge in [0.05, 0.1) is 25.4 Å². The van der Waals surface area contributed by atoms with Crippen molar-refractivity contribution in [3.05, 3.63) is 24.3 Å². The van der Waals surface area contributed by atoms with Gasteiger partial charge in [-0.2, -0.15) is 0 Å². The van der Waals surface area contributed by atoms with Crippen molar-refractivity contribution in [1.29, 1.82) is 0 Å². The molecule has 1 aromatic carbocycles. The number of ether oxygens (including phenoxy) is 1. The van der Waals surface area contributed by atoms with Gasteiger partial charge >= 0.3 is 0 Å². The van der Waals surface area contributed by atoms with Crippen LogP contribution >= 0.6 is 0 Å². The van der Waals surface area contributed by atoms with E-state index in [4.69, 9.17) is 4.74 Å². The summed E-state index contributed by atoms with van der Waals surface area (Å²) in [5.41, 5.74) is 0.666. The van der Waals surface area contributed by atoms with Crippen LogP contribution in [-0.4, -0.2) is 49.3 Å². The van der Waals surface area contributed by atoms with Gasteiger partial charge < -0.3 is 15.2 Å². The quantitative estimate of drug-likeness (QED) is 0.781. The van der Waals surface area contributed by atoms with Gasteiger partial charge in [-0.1, -0.05) is 12.1 Å². The molecule has 0 aliphatic carbocycles. The van der Waals surface area contributed by atoms with E-state index in [1.807, 2.05) is 24.1 Å². The number of hydrogen-bond donors (Lipinski definition) is 2. The van der Waals surface area contributed by atoms with E-state index in [0.717, 1.165) is 0 Å². The number of amides is 1. The number of hydrogen-bond acceptors (Lipinski definition) is 4. The molecule has 5 heteroatoms. The fourth-order valence-corrected chi connectivity index (χ4v) is 1.67. The second-order valence-corrected chi connectivity index (χ2v) is 4.62. The van der Waals surface area contributed by atoms with Crippen molar-refractivity contribution in [2.75, 3.05) is 32.6 Å². The zero-order valence-corrected chi connectivity index (χ0v) is 11.7. The van der Waals surface area contributed by atoms with Crippen LogP contribution in [0.3, 0.4) is 0 Å². The first-order chi connectivity index (χ1) is 9.02. The molecule has 1 aromatic rings. The van der Waals surface area contributed by atoms with Crippen molar-refractivity contribution in [1.82, 2.24) is 4.90 Å². The van der Waals surface area contributed by atoms with Gasteiger partial charge in [0.25, 0.3) is 0 Å². The Morgan fingerprint density at radius 1 is 1.47 bits per heavy atom. The number of methoxy groups -OCH3 is 1. The molecule has 0 bridgehead atoms. The molecule has 106 valence electrons. The maximum absolute atomic E-state index is 11.9. The molecule has 1 atom stereocenters. The van der Waals surface area contributed by atoms with Gasteiger partial charge in [-0.3, -0.25) is 9.69 Å². The smallest absolute Gasteiger partial charge is 0.238 e. The first kappa shape index (κ1) is 15.5. The lowest BCUT2D eigenvalue weighted by Crippen LogP contribution is -2.32. The highest BCUT2D eigenvalue weighted by molar-refractivity contribution is 5.93. The molecule has 1 amide bonds. The highest BCUT2D eigenvalue weighted by Gasteiger charge is 2.10. The van der Waals surface area contributed by atoms with Crippen molar-refractivity contribution in [2.45, 2.75) is 19.4 Å². The molecule has 0 radical (unpaired) electrons. The predicted molar refractivity (Wildman–Crippen MR) is 75.4 cm³/mol. The largest absolute Gasteiger partial charge is 0.495 e. The Morgan fingerprint density at radius 2 is 2.16 bits per heavy atom. The summed E-state index contributed by atoms with van der Waals surface area (Å²) in [5, 5.41) is 12.0. The molecule has 0 saturated carbocycles. The van der Waals surface area contributed by atoms with Crippen LogP contribution in [0, 0.1) is 0 Å². The molecule has 0 spiro atoms. The summed E-state index contributed by atoms with van der Waals surface area (Å²) in [5.74, 6) is 0.542.